The van der Waals surface area contributed by atoms with Crippen LogP contribution in [0, 0.1) is 0 Å². The molecule has 0 saturated carbocycles. The van der Waals surface area contributed by atoms with Gasteiger partial charge >= 0.3 is 5.97 Å². The van der Waals surface area contributed by atoms with Crippen molar-refractivity contribution in [2.45, 2.75) is 12.8 Å². The second kappa shape index (κ2) is 8.61. The van der Waals surface area contributed by atoms with Crippen molar-refractivity contribution < 1.29 is 23.8 Å². The standard InChI is InChI=1S/C21H21ClN2O5/c22-17-11-14(12-18-20(17)28-10-9-27-18)21(26)29-13-19(25)23-15-3-5-16(6-4-15)24-7-1-2-8-24/h3-6,11-12H,1-2,7-10,13H2,(H,23,25). The van der Waals surface area contributed by atoms with E-state index in [4.69, 9.17) is 25.8 Å². The Labute approximate surface area is 173 Å². The van der Waals surface area contributed by atoms with E-state index in [9.17, 15) is 9.59 Å². The van der Waals surface area contributed by atoms with E-state index in [1.54, 1.807) is 0 Å². The fourth-order valence-corrected chi connectivity index (χ4v) is 3.64. The third-order valence-electron chi connectivity index (χ3n) is 4.79. The van der Waals surface area contributed by atoms with Gasteiger partial charge in [0.1, 0.15) is 13.2 Å². The number of hydrogen-bond acceptors (Lipinski definition) is 6. The second-order valence-corrected chi connectivity index (χ2v) is 7.25. The van der Waals surface area contributed by atoms with Gasteiger partial charge in [0.2, 0.25) is 0 Å². The summed E-state index contributed by atoms with van der Waals surface area (Å²) in [4.78, 5) is 26.7. The largest absolute Gasteiger partial charge is 0.486 e. The summed E-state index contributed by atoms with van der Waals surface area (Å²) in [5.41, 5.74) is 1.99. The third-order valence-corrected chi connectivity index (χ3v) is 5.07. The fourth-order valence-electron chi connectivity index (χ4n) is 3.37. The van der Waals surface area contributed by atoms with E-state index in [1.807, 2.05) is 24.3 Å². The van der Waals surface area contributed by atoms with Crippen molar-refractivity contribution in [3.05, 3.63) is 47.0 Å². The lowest BCUT2D eigenvalue weighted by atomic mass is 10.2. The lowest BCUT2D eigenvalue weighted by molar-refractivity contribution is -0.119. The maximum absolute atomic E-state index is 12.3. The molecule has 8 heteroatoms. The topological polar surface area (TPSA) is 77.1 Å². The Morgan fingerprint density at radius 2 is 1.79 bits per heavy atom. The molecule has 0 aromatic heterocycles. The predicted molar refractivity (Wildman–Crippen MR) is 109 cm³/mol. The molecule has 4 rings (SSSR count). The van der Waals surface area contributed by atoms with Gasteiger partial charge in [-0.1, -0.05) is 11.6 Å². The number of carbonyl (C=O) groups excluding carboxylic acids is 2. The average Bonchev–Trinajstić information content (AvgIpc) is 3.27. The number of ether oxygens (including phenoxy) is 3. The number of amides is 1. The van der Waals surface area contributed by atoms with Crippen LogP contribution in [0.4, 0.5) is 11.4 Å². The van der Waals surface area contributed by atoms with E-state index in [0.29, 0.717) is 30.4 Å². The van der Waals surface area contributed by atoms with Gasteiger partial charge in [-0.15, -0.1) is 0 Å². The lowest BCUT2D eigenvalue weighted by Gasteiger charge is -2.20. The highest BCUT2D eigenvalue weighted by molar-refractivity contribution is 6.32. The molecule has 0 aliphatic carbocycles. The second-order valence-electron chi connectivity index (χ2n) is 6.85. The molecule has 0 atom stereocenters. The van der Waals surface area contributed by atoms with Gasteiger partial charge in [0.05, 0.1) is 10.6 Å². The van der Waals surface area contributed by atoms with Crippen molar-refractivity contribution in [1.29, 1.82) is 0 Å². The van der Waals surface area contributed by atoms with Crippen molar-refractivity contribution in [1.82, 2.24) is 0 Å². The van der Waals surface area contributed by atoms with Crippen LogP contribution in [0.15, 0.2) is 36.4 Å². The number of fused-ring (bicyclic) bond motifs is 1. The van der Waals surface area contributed by atoms with Crippen molar-refractivity contribution in [2.75, 3.05) is 43.1 Å². The Kier molecular flexibility index (Phi) is 5.76. The van der Waals surface area contributed by atoms with Crippen LogP contribution in [0.2, 0.25) is 5.02 Å². The zero-order valence-electron chi connectivity index (χ0n) is 15.8. The van der Waals surface area contributed by atoms with Gasteiger partial charge < -0.3 is 24.4 Å². The Morgan fingerprint density at radius 1 is 1.07 bits per heavy atom. The van der Waals surface area contributed by atoms with Gasteiger partial charge in [0.15, 0.2) is 18.1 Å². The normalized spacial score (nSPS) is 15.1. The van der Waals surface area contributed by atoms with E-state index >= 15 is 0 Å². The van der Waals surface area contributed by atoms with Crippen molar-refractivity contribution in [2.24, 2.45) is 0 Å². The number of halogens is 1. The smallest absolute Gasteiger partial charge is 0.338 e. The minimum absolute atomic E-state index is 0.196. The van der Waals surface area contributed by atoms with Crippen LogP contribution in [-0.2, 0) is 9.53 Å². The Morgan fingerprint density at radius 3 is 2.55 bits per heavy atom. The first-order valence-electron chi connectivity index (χ1n) is 9.51. The van der Waals surface area contributed by atoms with Crippen molar-refractivity contribution in [3.63, 3.8) is 0 Å². The van der Waals surface area contributed by atoms with Gasteiger partial charge in [0, 0.05) is 24.5 Å². The molecule has 0 unspecified atom stereocenters. The molecule has 0 spiro atoms. The summed E-state index contributed by atoms with van der Waals surface area (Å²) in [7, 11) is 0. The summed E-state index contributed by atoms with van der Waals surface area (Å²) >= 11 is 6.13. The number of benzene rings is 2. The highest BCUT2D eigenvalue weighted by Gasteiger charge is 2.20. The number of nitrogens with one attached hydrogen (secondary N) is 1. The average molecular weight is 417 g/mol. The van der Waals surface area contributed by atoms with E-state index in [1.165, 1.54) is 25.0 Å². The van der Waals surface area contributed by atoms with Gasteiger partial charge in [-0.3, -0.25) is 4.79 Å². The molecule has 152 valence electrons. The Bertz CT molecular complexity index is 910. The van der Waals surface area contributed by atoms with Gasteiger partial charge in [0.25, 0.3) is 5.91 Å². The molecule has 2 aliphatic rings. The van der Waals surface area contributed by atoms with Crippen LogP contribution in [0.1, 0.15) is 23.2 Å². The highest BCUT2D eigenvalue weighted by atomic mass is 35.5. The molecule has 1 fully saturated rings. The summed E-state index contributed by atoms with van der Waals surface area (Å²) < 4.78 is 16.0. The highest BCUT2D eigenvalue weighted by Crippen LogP contribution is 2.38. The number of esters is 1. The van der Waals surface area contributed by atoms with E-state index < -0.39 is 18.5 Å². The summed E-state index contributed by atoms with van der Waals surface area (Å²) in [5, 5.41) is 2.98. The van der Waals surface area contributed by atoms with Crippen LogP contribution in [0.5, 0.6) is 11.5 Å². The molecule has 1 N–H and O–H groups in total. The molecular weight excluding hydrogens is 396 g/mol. The number of anilines is 2. The SMILES string of the molecule is O=C(COC(=O)c1cc(Cl)c2c(c1)OCCO2)Nc1ccc(N2CCCC2)cc1. The van der Waals surface area contributed by atoms with Crippen LogP contribution in [0.3, 0.4) is 0 Å². The van der Waals surface area contributed by atoms with E-state index in [0.717, 1.165) is 18.8 Å². The summed E-state index contributed by atoms with van der Waals surface area (Å²) in [6.07, 6.45) is 2.41. The first-order valence-corrected chi connectivity index (χ1v) is 9.89. The first kappa shape index (κ1) is 19.4. The maximum atomic E-state index is 12.3. The molecule has 29 heavy (non-hydrogen) atoms. The number of nitrogens with zero attached hydrogens (tertiary/aromatic N) is 1. The maximum Gasteiger partial charge on any atom is 0.338 e. The number of carbonyl (C=O) groups is 2. The van der Waals surface area contributed by atoms with E-state index in [-0.39, 0.29) is 10.6 Å². The van der Waals surface area contributed by atoms with Crippen molar-refractivity contribution in [3.8, 4) is 11.5 Å². The quantitative estimate of drug-likeness (QED) is 0.751. The monoisotopic (exact) mass is 416 g/mol. The van der Waals surface area contributed by atoms with Crippen LogP contribution >= 0.6 is 11.6 Å². The molecule has 2 heterocycles. The van der Waals surface area contributed by atoms with Crippen LogP contribution in [-0.4, -0.2) is 44.8 Å². The predicted octanol–water partition coefficient (Wildman–Crippen LogP) is 3.51. The minimum Gasteiger partial charge on any atom is -0.486 e. The molecule has 2 aromatic carbocycles. The Hall–Kier alpha value is -2.93. The first-order chi connectivity index (χ1) is 14.1. The molecule has 0 radical (unpaired) electrons. The molecule has 2 aliphatic heterocycles. The molecule has 1 saturated heterocycles. The fraction of sp³-hybridized carbons (Fsp3) is 0.333. The Balaban J connectivity index is 1.31. The molecule has 7 nitrogen and oxygen atoms in total. The molecule has 2 aromatic rings. The molecular formula is C21H21ClN2O5. The molecule has 1 amide bonds. The van der Waals surface area contributed by atoms with Gasteiger partial charge in [-0.2, -0.15) is 0 Å². The lowest BCUT2D eigenvalue weighted by Crippen LogP contribution is -2.21. The summed E-state index contributed by atoms with van der Waals surface area (Å²) in [5.74, 6) is -0.290. The zero-order chi connectivity index (χ0) is 20.2. The number of rotatable bonds is 5. The van der Waals surface area contributed by atoms with Crippen LogP contribution in [0.25, 0.3) is 0 Å². The van der Waals surface area contributed by atoms with E-state index in [2.05, 4.69) is 10.2 Å². The summed E-state index contributed by atoms with van der Waals surface area (Å²) in [6, 6.07) is 10.6. The summed E-state index contributed by atoms with van der Waals surface area (Å²) in [6.45, 7) is 2.49. The number of hydrogen-bond donors (Lipinski definition) is 1. The zero-order valence-corrected chi connectivity index (χ0v) is 16.5. The van der Waals surface area contributed by atoms with Crippen molar-refractivity contribution >= 4 is 34.9 Å². The van der Waals surface area contributed by atoms with Crippen LogP contribution < -0.4 is 19.7 Å². The molecule has 0 bridgehead atoms. The van der Waals surface area contributed by atoms with Gasteiger partial charge in [-0.25, -0.2) is 4.79 Å². The third kappa shape index (κ3) is 4.56. The van der Waals surface area contributed by atoms with Gasteiger partial charge in [-0.05, 0) is 49.2 Å². The minimum atomic E-state index is -0.664.